The number of rotatable bonds is 5. The molecule has 0 aromatic heterocycles. The molecule has 41 heavy (non-hydrogen) atoms. The molecule has 5 aliphatic rings. The summed E-state index contributed by atoms with van der Waals surface area (Å²) in [5, 5.41) is 10.9. The fourth-order valence-electron chi connectivity index (χ4n) is 8.13. The minimum atomic E-state index is -1.16. The summed E-state index contributed by atoms with van der Waals surface area (Å²) >= 11 is 0. The van der Waals surface area contributed by atoms with E-state index >= 15 is 0 Å². The van der Waals surface area contributed by atoms with E-state index in [0.717, 1.165) is 0 Å². The first-order valence-corrected chi connectivity index (χ1v) is 14.3. The van der Waals surface area contributed by atoms with E-state index < -0.39 is 52.5 Å². The summed E-state index contributed by atoms with van der Waals surface area (Å²) in [4.78, 5) is 68.0. The number of allylic oxidation sites excluding steroid dienone is 1. The molecule has 1 saturated carbocycles. The zero-order valence-electron chi connectivity index (χ0n) is 24.3. The summed E-state index contributed by atoms with van der Waals surface area (Å²) in [6.07, 6.45) is 0.684. The van der Waals surface area contributed by atoms with E-state index in [4.69, 9.17) is 18.9 Å². The maximum Gasteiger partial charge on any atom is 0.336 e. The third-order valence-corrected chi connectivity index (χ3v) is 10.2. The number of Topliss-reactive ketones (excluding diaryl/α,β-unsaturated/α-hetero) is 2. The molecular weight excluding hydrogens is 534 g/mol. The van der Waals surface area contributed by atoms with E-state index in [1.165, 1.54) is 21.1 Å². The highest BCUT2D eigenvalue weighted by molar-refractivity contribution is 6.47. The standard InChI is InChI=1S/C30H39NO10/c1-15(32)41-19-12-29(2)17(6-7-20(29)33)21-23(19)30(3)14-40-28(37)22(24(30)26(35)25(21)34)18(13-38-4)31-10-8-16(9-11-31)27(36)39-5/h16-17,19-20,24,33H,6-14H2,1-5H3. The van der Waals surface area contributed by atoms with Crippen molar-refractivity contribution in [2.45, 2.75) is 65.1 Å². The summed E-state index contributed by atoms with van der Waals surface area (Å²) in [5.41, 5.74) is -0.555. The molecular formula is C30H39NO10. The third-order valence-electron chi connectivity index (χ3n) is 10.2. The number of ether oxygens (including phenoxy) is 4. The number of methoxy groups -OCH3 is 2. The van der Waals surface area contributed by atoms with Crippen molar-refractivity contribution in [2.75, 3.05) is 40.5 Å². The van der Waals surface area contributed by atoms with Crippen LogP contribution < -0.4 is 0 Å². The SMILES string of the molecule is COCC(=C1C(=O)OCC2(C)C3=C(C(=O)C(=O)C12)C1CCC(O)C1(C)CC3OC(C)=O)N1CCC(C(=O)OC)CC1. The number of carbonyl (C=O) groups excluding carboxylic acids is 5. The van der Waals surface area contributed by atoms with Gasteiger partial charge in [-0.1, -0.05) is 13.8 Å². The number of piperidine rings is 1. The number of aliphatic hydroxyl groups excluding tert-OH is 1. The molecule has 11 heteroatoms. The summed E-state index contributed by atoms with van der Waals surface area (Å²) in [5.74, 6) is -4.75. The Morgan fingerprint density at radius 3 is 2.37 bits per heavy atom. The Kier molecular flexibility index (Phi) is 7.65. The van der Waals surface area contributed by atoms with Gasteiger partial charge in [0.1, 0.15) is 12.7 Å². The molecule has 3 aliphatic carbocycles. The minimum absolute atomic E-state index is 0.00641. The Hall–Kier alpha value is -3.05. The van der Waals surface area contributed by atoms with Gasteiger partial charge in [-0.15, -0.1) is 0 Å². The van der Waals surface area contributed by atoms with Crippen LogP contribution in [-0.2, 0) is 42.9 Å². The first kappa shape index (κ1) is 29.4. The number of aliphatic hydroxyl groups is 1. The van der Waals surface area contributed by atoms with Gasteiger partial charge in [0.25, 0.3) is 0 Å². The predicted octanol–water partition coefficient (Wildman–Crippen LogP) is 1.51. The Balaban J connectivity index is 1.65. The number of hydrogen-bond donors (Lipinski definition) is 1. The maximum atomic E-state index is 14.1. The molecule has 224 valence electrons. The average Bonchev–Trinajstić information content (AvgIpc) is 3.23. The summed E-state index contributed by atoms with van der Waals surface area (Å²) < 4.78 is 22.0. The number of nitrogens with zero attached hydrogens (tertiary/aromatic N) is 1. The fourth-order valence-corrected chi connectivity index (χ4v) is 8.13. The van der Waals surface area contributed by atoms with Crippen LogP contribution in [0.4, 0.5) is 0 Å². The molecule has 6 atom stereocenters. The number of fused-ring (bicyclic) bond motifs is 4. The zero-order valence-corrected chi connectivity index (χ0v) is 24.3. The number of carbonyl (C=O) groups is 5. The van der Waals surface area contributed by atoms with E-state index in [2.05, 4.69) is 0 Å². The maximum absolute atomic E-state index is 14.1. The predicted molar refractivity (Wildman–Crippen MR) is 142 cm³/mol. The van der Waals surface area contributed by atoms with Crippen molar-refractivity contribution in [3.8, 4) is 0 Å². The molecule has 0 amide bonds. The topological polar surface area (TPSA) is 146 Å². The van der Waals surface area contributed by atoms with Gasteiger partial charge in [0.2, 0.25) is 11.6 Å². The van der Waals surface area contributed by atoms with Crippen LogP contribution in [0.5, 0.6) is 0 Å². The number of ketones is 2. The second-order valence-electron chi connectivity index (χ2n) is 12.5. The molecule has 0 spiro atoms. The van der Waals surface area contributed by atoms with Gasteiger partial charge < -0.3 is 29.0 Å². The molecule has 0 bridgehead atoms. The van der Waals surface area contributed by atoms with Gasteiger partial charge in [-0.3, -0.25) is 19.2 Å². The lowest BCUT2D eigenvalue weighted by molar-refractivity contribution is -0.161. The molecule has 6 unspecified atom stereocenters. The largest absolute Gasteiger partial charge is 0.469 e. The Labute approximate surface area is 239 Å². The molecule has 0 radical (unpaired) electrons. The highest BCUT2D eigenvalue weighted by atomic mass is 16.5. The molecule has 3 fully saturated rings. The van der Waals surface area contributed by atoms with E-state index in [9.17, 15) is 29.1 Å². The second kappa shape index (κ2) is 10.7. The van der Waals surface area contributed by atoms with Crippen LogP contribution in [0.2, 0.25) is 0 Å². The van der Waals surface area contributed by atoms with E-state index in [1.54, 1.807) is 6.92 Å². The van der Waals surface area contributed by atoms with Crippen LogP contribution in [0.15, 0.2) is 22.4 Å². The Morgan fingerprint density at radius 2 is 1.76 bits per heavy atom. The van der Waals surface area contributed by atoms with Crippen molar-refractivity contribution < 1.29 is 48.0 Å². The van der Waals surface area contributed by atoms with Crippen molar-refractivity contribution in [2.24, 2.45) is 28.6 Å². The zero-order chi connectivity index (χ0) is 29.9. The quantitative estimate of drug-likeness (QED) is 0.221. The third kappa shape index (κ3) is 4.52. The smallest absolute Gasteiger partial charge is 0.336 e. The second-order valence-corrected chi connectivity index (χ2v) is 12.5. The molecule has 2 saturated heterocycles. The van der Waals surface area contributed by atoms with Crippen molar-refractivity contribution in [1.29, 1.82) is 0 Å². The summed E-state index contributed by atoms with van der Waals surface area (Å²) in [6, 6.07) is 0. The van der Waals surface area contributed by atoms with Crippen LogP contribution in [0.1, 0.15) is 52.9 Å². The van der Waals surface area contributed by atoms with Crippen molar-refractivity contribution >= 4 is 29.5 Å². The van der Waals surface area contributed by atoms with Gasteiger partial charge in [0.05, 0.1) is 42.9 Å². The summed E-state index contributed by atoms with van der Waals surface area (Å²) in [6.45, 7) is 5.63. The van der Waals surface area contributed by atoms with Crippen molar-refractivity contribution in [3.63, 3.8) is 0 Å². The lowest BCUT2D eigenvalue weighted by Gasteiger charge is -2.54. The minimum Gasteiger partial charge on any atom is -0.469 e. The normalized spacial score (nSPS) is 36.7. The Bertz CT molecular complexity index is 1240. The van der Waals surface area contributed by atoms with Crippen molar-refractivity contribution in [3.05, 3.63) is 22.4 Å². The van der Waals surface area contributed by atoms with Crippen LogP contribution in [0, 0.1) is 28.6 Å². The number of hydrogen-bond acceptors (Lipinski definition) is 11. The van der Waals surface area contributed by atoms with E-state index in [1.807, 2.05) is 11.8 Å². The van der Waals surface area contributed by atoms with Gasteiger partial charge in [0, 0.05) is 43.5 Å². The monoisotopic (exact) mass is 573 g/mol. The van der Waals surface area contributed by atoms with Crippen LogP contribution >= 0.6 is 0 Å². The molecule has 2 aliphatic heterocycles. The Morgan fingerprint density at radius 1 is 1.07 bits per heavy atom. The van der Waals surface area contributed by atoms with Gasteiger partial charge in [-0.05, 0) is 43.6 Å². The average molecular weight is 574 g/mol. The molecule has 11 nitrogen and oxygen atoms in total. The van der Waals surface area contributed by atoms with Crippen LogP contribution in [0.25, 0.3) is 0 Å². The number of esters is 3. The number of likely N-dealkylation sites (tertiary alicyclic amines) is 1. The first-order valence-electron chi connectivity index (χ1n) is 14.3. The molecule has 5 rings (SSSR count). The van der Waals surface area contributed by atoms with Crippen LogP contribution in [-0.4, -0.2) is 92.2 Å². The van der Waals surface area contributed by atoms with Gasteiger partial charge in [-0.25, -0.2) is 4.79 Å². The van der Waals surface area contributed by atoms with Gasteiger partial charge in [0.15, 0.2) is 0 Å². The number of cyclic esters (lactones) is 1. The first-order chi connectivity index (χ1) is 19.4. The highest BCUT2D eigenvalue weighted by Crippen LogP contribution is 2.62. The van der Waals surface area contributed by atoms with E-state index in [-0.39, 0.29) is 36.6 Å². The molecule has 0 aromatic rings. The van der Waals surface area contributed by atoms with Gasteiger partial charge in [-0.2, -0.15) is 0 Å². The highest BCUT2D eigenvalue weighted by Gasteiger charge is 2.65. The fraction of sp³-hybridized carbons (Fsp3) is 0.700. The van der Waals surface area contributed by atoms with Crippen LogP contribution in [0.3, 0.4) is 0 Å². The lowest BCUT2D eigenvalue weighted by Crippen LogP contribution is -2.59. The molecule has 1 N–H and O–H groups in total. The summed E-state index contributed by atoms with van der Waals surface area (Å²) in [7, 11) is 2.83. The lowest BCUT2D eigenvalue weighted by atomic mass is 9.51. The van der Waals surface area contributed by atoms with Gasteiger partial charge >= 0.3 is 17.9 Å². The van der Waals surface area contributed by atoms with E-state index in [0.29, 0.717) is 62.0 Å². The van der Waals surface area contributed by atoms with Crippen molar-refractivity contribution in [1.82, 2.24) is 4.90 Å². The molecule has 0 aromatic carbocycles. The molecule has 2 heterocycles.